The lowest BCUT2D eigenvalue weighted by molar-refractivity contribution is 0.101. The van der Waals surface area contributed by atoms with Gasteiger partial charge in [0, 0.05) is 22.6 Å². The first-order valence-corrected chi connectivity index (χ1v) is 10.8. The van der Waals surface area contributed by atoms with Gasteiger partial charge < -0.3 is 10.6 Å². The number of hydrogen-bond donors (Lipinski definition) is 2. The van der Waals surface area contributed by atoms with Crippen LogP contribution in [0.1, 0.15) is 20.0 Å². The summed E-state index contributed by atoms with van der Waals surface area (Å²) in [5, 5.41) is 7.57. The zero-order chi connectivity index (χ0) is 21.9. The van der Waals surface area contributed by atoms with E-state index in [2.05, 4.69) is 15.6 Å². The van der Waals surface area contributed by atoms with Crippen molar-refractivity contribution in [1.29, 1.82) is 0 Å². The number of para-hydroxylation sites is 2. The van der Waals surface area contributed by atoms with Gasteiger partial charge in [0.15, 0.2) is 0 Å². The summed E-state index contributed by atoms with van der Waals surface area (Å²) >= 11 is 1.37. The number of carbonyl (C=O) groups excluding carboxylic acids is 2. The molecule has 5 aromatic rings. The maximum Gasteiger partial charge on any atom is 0.265 e. The van der Waals surface area contributed by atoms with Crippen molar-refractivity contribution >= 4 is 45.6 Å². The van der Waals surface area contributed by atoms with Crippen LogP contribution in [0.4, 0.5) is 11.4 Å². The number of nitrogens with one attached hydrogen (secondary N) is 2. The van der Waals surface area contributed by atoms with E-state index in [-0.39, 0.29) is 11.8 Å². The Kier molecular flexibility index (Phi) is 5.23. The molecule has 0 saturated carbocycles. The normalized spacial score (nSPS) is 10.8. The third kappa shape index (κ3) is 4.01. The van der Waals surface area contributed by atoms with Crippen LogP contribution in [0.2, 0.25) is 0 Å². The highest BCUT2D eigenvalue weighted by Crippen LogP contribution is 2.21. The van der Waals surface area contributed by atoms with Crippen molar-refractivity contribution in [2.45, 2.75) is 0 Å². The van der Waals surface area contributed by atoms with Crippen LogP contribution in [0, 0.1) is 0 Å². The van der Waals surface area contributed by atoms with Crippen LogP contribution in [-0.2, 0) is 0 Å². The first kappa shape index (κ1) is 19.7. The van der Waals surface area contributed by atoms with Crippen molar-refractivity contribution in [3.63, 3.8) is 0 Å². The average Bonchev–Trinajstić information content (AvgIpc) is 3.50. The monoisotopic (exact) mass is 438 g/mol. The van der Waals surface area contributed by atoms with Gasteiger partial charge in [-0.2, -0.15) is 0 Å². The summed E-state index contributed by atoms with van der Waals surface area (Å²) in [5.74, 6) is -0.446. The van der Waals surface area contributed by atoms with Gasteiger partial charge in [0.2, 0.25) is 0 Å². The van der Waals surface area contributed by atoms with Gasteiger partial charge >= 0.3 is 0 Å². The zero-order valence-corrected chi connectivity index (χ0v) is 17.7. The van der Waals surface area contributed by atoms with E-state index in [1.165, 1.54) is 11.3 Å². The third-order valence-electron chi connectivity index (χ3n) is 4.98. The number of nitrogens with zero attached hydrogens (tertiary/aromatic N) is 2. The Hall–Kier alpha value is -4.23. The molecule has 2 amide bonds. The standard InChI is InChI=1S/C25H18N4O2S/c30-24(17-5-3-6-19(15-17)28-25(31)23-9-4-14-32-23)27-18-10-12-20(13-11-18)29-16-26-21-7-1-2-8-22(21)29/h1-16H,(H,27,30)(H,28,31). The third-order valence-corrected chi connectivity index (χ3v) is 5.85. The van der Waals surface area contributed by atoms with Crippen LogP contribution < -0.4 is 10.6 Å². The van der Waals surface area contributed by atoms with Crippen molar-refractivity contribution in [2.24, 2.45) is 0 Å². The Balaban J connectivity index is 1.29. The van der Waals surface area contributed by atoms with Gasteiger partial charge in [-0.3, -0.25) is 14.2 Å². The van der Waals surface area contributed by atoms with E-state index in [0.29, 0.717) is 21.8 Å². The first-order valence-electron chi connectivity index (χ1n) is 9.96. The fourth-order valence-electron chi connectivity index (χ4n) is 3.41. The van der Waals surface area contributed by atoms with Crippen LogP contribution in [0.3, 0.4) is 0 Å². The molecule has 3 aromatic carbocycles. The number of amides is 2. The molecule has 6 nitrogen and oxygen atoms in total. The minimum atomic E-state index is -0.252. The molecule has 5 rings (SSSR count). The summed E-state index contributed by atoms with van der Waals surface area (Å²) in [6, 6.07) is 25.9. The molecule has 0 bridgehead atoms. The molecule has 156 valence electrons. The molecule has 0 saturated heterocycles. The Labute approximate surface area is 188 Å². The van der Waals surface area contributed by atoms with Crippen molar-refractivity contribution in [2.75, 3.05) is 10.6 Å². The molecule has 0 atom stereocenters. The summed E-state index contributed by atoms with van der Waals surface area (Å²) in [5.41, 5.74) is 4.60. The van der Waals surface area contributed by atoms with Crippen molar-refractivity contribution < 1.29 is 9.59 Å². The number of benzene rings is 3. The van der Waals surface area contributed by atoms with Gasteiger partial charge in [-0.05, 0) is 66.0 Å². The van der Waals surface area contributed by atoms with Gasteiger partial charge in [-0.1, -0.05) is 24.3 Å². The summed E-state index contributed by atoms with van der Waals surface area (Å²) in [6.07, 6.45) is 1.79. The number of carbonyl (C=O) groups is 2. The number of anilines is 2. The topological polar surface area (TPSA) is 76.0 Å². The predicted octanol–water partition coefficient (Wildman–Crippen LogP) is 5.59. The van der Waals surface area contributed by atoms with Crippen LogP contribution in [0.15, 0.2) is 96.6 Å². The Morgan fingerprint density at radius 3 is 2.41 bits per heavy atom. The highest BCUT2D eigenvalue weighted by Gasteiger charge is 2.11. The highest BCUT2D eigenvalue weighted by molar-refractivity contribution is 7.12. The summed E-state index contributed by atoms with van der Waals surface area (Å²) in [6.45, 7) is 0. The lowest BCUT2D eigenvalue weighted by Gasteiger charge is -2.09. The molecule has 32 heavy (non-hydrogen) atoms. The average molecular weight is 439 g/mol. The summed E-state index contributed by atoms with van der Waals surface area (Å²) < 4.78 is 2.00. The zero-order valence-electron chi connectivity index (χ0n) is 16.9. The molecule has 0 radical (unpaired) electrons. The van der Waals surface area contributed by atoms with E-state index in [1.54, 1.807) is 36.7 Å². The van der Waals surface area contributed by atoms with Crippen LogP contribution in [0.5, 0.6) is 0 Å². The number of hydrogen-bond acceptors (Lipinski definition) is 4. The van der Waals surface area contributed by atoms with Crippen LogP contribution >= 0.6 is 11.3 Å². The number of imidazole rings is 1. The van der Waals surface area contributed by atoms with Gasteiger partial charge in [0.1, 0.15) is 6.33 Å². The smallest absolute Gasteiger partial charge is 0.265 e. The lowest BCUT2D eigenvalue weighted by atomic mass is 10.1. The van der Waals surface area contributed by atoms with E-state index in [1.807, 2.05) is 64.5 Å². The largest absolute Gasteiger partial charge is 0.322 e. The molecule has 0 fully saturated rings. The molecule has 0 unspecified atom stereocenters. The lowest BCUT2D eigenvalue weighted by Crippen LogP contribution is -2.14. The summed E-state index contributed by atoms with van der Waals surface area (Å²) in [7, 11) is 0. The van der Waals surface area contributed by atoms with Crippen molar-refractivity contribution in [3.8, 4) is 5.69 Å². The van der Waals surface area contributed by atoms with E-state index in [0.717, 1.165) is 16.7 Å². The second kappa shape index (κ2) is 8.49. The minimum absolute atomic E-state index is 0.194. The first-order chi connectivity index (χ1) is 15.7. The van der Waals surface area contributed by atoms with Gasteiger partial charge in [0.25, 0.3) is 11.8 Å². The maximum absolute atomic E-state index is 12.7. The van der Waals surface area contributed by atoms with E-state index in [9.17, 15) is 9.59 Å². The van der Waals surface area contributed by atoms with Crippen LogP contribution in [0.25, 0.3) is 16.7 Å². The van der Waals surface area contributed by atoms with Gasteiger partial charge in [0.05, 0.1) is 15.9 Å². The van der Waals surface area contributed by atoms with Crippen molar-refractivity contribution in [1.82, 2.24) is 9.55 Å². The SMILES string of the molecule is O=C(Nc1ccc(-n2cnc3ccccc32)cc1)c1cccc(NC(=O)c2cccs2)c1. The number of thiophene rings is 1. The molecule has 7 heteroatoms. The molecule has 0 aliphatic carbocycles. The minimum Gasteiger partial charge on any atom is -0.322 e. The maximum atomic E-state index is 12.7. The van der Waals surface area contributed by atoms with E-state index < -0.39 is 0 Å². The second-order valence-corrected chi connectivity index (χ2v) is 8.06. The van der Waals surface area contributed by atoms with Gasteiger partial charge in [-0.15, -0.1) is 11.3 Å². The molecule has 0 aliphatic rings. The molecule has 2 aromatic heterocycles. The Bertz CT molecular complexity index is 1410. The van der Waals surface area contributed by atoms with Crippen LogP contribution in [-0.4, -0.2) is 21.4 Å². The Morgan fingerprint density at radius 1 is 0.781 bits per heavy atom. The summed E-state index contributed by atoms with van der Waals surface area (Å²) in [4.78, 5) is 30.0. The predicted molar refractivity (Wildman–Crippen MR) is 128 cm³/mol. The van der Waals surface area contributed by atoms with E-state index >= 15 is 0 Å². The quantitative estimate of drug-likeness (QED) is 0.375. The molecule has 0 aliphatic heterocycles. The Morgan fingerprint density at radius 2 is 1.59 bits per heavy atom. The van der Waals surface area contributed by atoms with Crippen molar-refractivity contribution in [3.05, 3.63) is 107 Å². The van der Waals surface area contributed by atoms with Gasteiger partial charge in [-0.25, -0.2) is 4.98 Å². The van der Waals surface area contributed by atoms with E-state index in [4.69, 9.17) is 0 Å². The fraction of sp³-hybridized carbons (Fsp3) is 0. The molecular weight excluding hydrogens is 420 g/mol. The molecule has 0 spiro atoms. The number of rotatable bonds is 5. The highest BCUT2D eigenvalue weighted by atomic mass is 32.1. The number of aromatic nitrogens is 2. The second-order valence-electron chi connectivity index (χ2n) is 7.12. The molecule has 2 N–H and O–H groups in total. The molecule has 2 heterocycles. The molecular formula is C25H18N4O2S. The number of fused-ring (bicyclic) bond motifs is 1. The fourth-order valence-corrected chi connectivity index (χ4v) is 4.03.